The summed E-state index contributed by atoms with van der Waals surface area (Å²) in [7, 11) is 0. The Hall–Kier alpha value is -2.89. The second-order valence-electron chi connectivity index (χ2n) is 7.30. The van der Waals surface area contributed by atoms with E-state index in [9.17, 15) is 15.0 Å². The topological polar surface area (TPSA) is 81.9 Å². The van der Waals surface area contributed by atoms with Crippen LogP contribution in [-0.2, 0) is 0 Å². The summed E-state index contributed by atoms with van der Waals surface area (Å²) in [5.74, 6) is -0.136. The van der Waals surface area contributed by atoms with Crippen LogP contribution >= 0.6 is 11.6 Å². The number of benzene rings is 3. The molecule has 0 radical (unpaired) electrons. The van der Waals surface area contributed by atoms with Crippen molar-refractivity contribution in [1.82, 2.24) is 5.43 Å². The number of aliphatic hydroxyl groups is 1. The van der Waals surface area contributed by atoms with E-state index in [-0.39, 0.29) is 10.8 Å². The van der Waals surface area contributed by atoms with E-state index < -0.39 is 12.0 Å². The molecule has 3 rings (SSSR count). The lowest BCUT2D eigenvalue weighted by Gasteiger charge is -2.16. The monoisotopic (exact) mass is 410 g/mol. The van der Waals surface area contributed by atoms with Gasteiger partial charge in [0.25, 0.3) is 5.91 Å². The molecule has 3 aromatic carbocycles. The number of hydrazone groups is 1. The number of phenolic OH excluding ortho intramolecular Hbond substituents is 1. The highest BCUT2D eigenvalue weighted by Crippen LogP contribution is 2.30. The molecular weight excluding hydrogens is 388 g/mol. The van der Waals surface area contributed by atoms with Crippen LogP contribution in [0.5, 0.6) is 5.75 Å². The molecule has 0 saturated carbocycles. The first kappa shape index (κ1) is 20.8. The van der Waals surface area contributed by atoms with Gasteiger partial charge in [-0.15, -0.1) is 0 Å². The normalized spacial score (nSPS) is 12.6. The molecule has 0 aliphatic heterocycles. The van der Waals surface area contributed by atoms with Crippen LogP contribution in [0.4, 0.5) is 0 Å². The summed E-state index contributed by atoms with van der Waals surface area (Å²) in [6.45, 7) is 4.16. The summed E-state index contributed by atoms with van der Waals surface area (Å²) < 4.78 is 0. The highest BCUT2D eigenvalue weighted by molar-refractivity contribution is 6.32. The molecule has 6 heteroatoms. The van der Waals surface area contributed by atoms with E-state index in [1.165, 1.54) is 18.2 Å². The number of nitrogens with one attached hydrogen (secondary N) is 1. The molecule has 3 N–H and O–H groups in total. The van der Waals surface area contributed by atoms with Crippen molar-refractivity contribution >= 4 is 34.5 Å². The first-order valence-corrected chi connectivity index (χ1v) is 9.76. The SMILES string of the molecule is CC(C)CC(O)c1ccc(C=NNC(=O)c2ccc(O)c(Cl)c2)c2ccccc12. The fraction of sp³-hybridized carbons (Fsp3) is 0.217. The van der Waals surface area contributed by atoms with E-state index in [0.717, 1.165) is 21.9 Å². The molecule has 0 aliphatic rings. The molecule has 0 heterocycles. The fourth-order valence-electron chi connectivity index (χ4n) is 3.20. The van der Waals surface area contributed by atoms with Crippen LogP contribution in [0.3, 0.4) is 0 Å². The molecule has 1 unspecified atom stereocenters. The van der Waals surface area contributed by atoms with Crippen molar-refractivity contribution in [3.05, 3.63) is 76.3 Å². The van der Waals surface area contributed by atoms with Crippen LogP contribution in [0.15, 0.2) is 59.7 Å². The van der Waals surface area contributed by atoms with Gasteiger partial charge in [0.15, 0.2) is 0 Å². The van der Waals surface area contributed by atoms with Gasteiger partial charge in [0.05, 0.1) is 17.3 Å². The van der Waals surface area contributed by atoms with Crippen LogP contribution in [0.1, 0.15) is 47.9 Å². The number of hydrogen-bond donors (Lipinski definition) is 3. The molecule has 5 nitrogen and oxygen atoms in total. The molecule has 150 valence electrons. The Kier molecular flexibility index (Phi) is 6.52. The maximum Gasteiger partial charge on any atom is 0.271 e. The number of nitrogens with zero attached hydrogens (tertiary/aromatic N) is 1. The van der Waals surface area contributed by atoms with Crippen molar-refractivity contribution in [2.45, 2.75) is 26.4 Å². The van der Waals surface area contributed by atoms with Gasteiger partial charge in [0.1, 0.15) is 5.75 Å². The zero-order valence-corrected chi connectivity index (χ0v) is 17.0. The Balaban J connectivity index is 1.83. The van der Waals surface area contributed by atoms with E-state index in [2.05, 4.69) is 24.4 Å². The number of aliphatic hydroxyl groups excluding tert-OH is 1. The standard InChI is InChI=1S/C23H23ClN2O3/c1-14(2)11-22(28)19-9-7-16(17-5-3-4-6-18(17)19)13-25-26-23(29)15-8-10-21(27)20(24)12-15/h3-10,12-14,22,27-28H,11H2,1-2H3,(H,26,29). The summed E-state index contributed by atoms with van der Waals surface area (Å²) in [6.07, 6.45) is 1.72. The molecule has 0 aliphatic carbocycles. The van der Waals surface area contributed by atoms with Crippen molar-refractivity contribution in [3.8, 4) is 5.75 Å². The van der Waals surface area contributed by atoms with Crippen molar-refractivity contribution in [3.63, 3.8) is 0 Å². The van der Waals surface area contributed by atoms with Gasteiger partial charge in [-0.25, -0.2) is 5.43 Å². The highest BCUT2D eigenvalue weighted by atomic mass is 35.5. The smallest absolute Gasteiger partial charge is 0.271 e. The Bertz CT molecular complexity index is 1060. The first-order valence-electron chi connectivity index (χ1n) is 9.38. The average Bonchev–Trinajstić information content (AvgIpc) is 2.69. The van der Waals surface area contributed by atoms with Crippen LogP contribution in [0.25, 0.3) is 10.8 Å². The summed E-state index contributed by atoms with van der Waals surface area (Å²) in [4.78, 5) is 12.2. The summed E-state index contributed by atoms with van der Waals surface area (Å²) in [5, 5.41) is 26.1. The average molecular weight is 411 g/mol. The zero-order valence-electron chi connectivity index (χ0n) is 16.3. The number of fused-ring (bicyclic) bond motifs is 1. The van der Waals surface area contributed by atoms with Crippen molar-refractivity contribution in [2.24, 2.45) is 11.0 Å². The third kappa shape index (κ3) is 4.94. The Labute approximate surface area is 174 Å². The van der Waals surface area contributed by atoms with E-state index >= 15 is 0 Å². The van der Waals surface area contributed by atoms with Crippen molar-refractivity contribution in [2.75, 3.05) is 0 Å². The summed E-state index contributed by atoms with van der Waals surface area (Å²) in [5.41, 5.74) is 4.46. The summed E-state index contributed by atoms with van der Waals surface area (Å²) >= 11 is 5.84. The van der Waals surface area contributed by atoms with Crippen LogP contribution in [-0.4, -0.2) is 22.3 Å². The first-order chi connectivity index (χ1) is 13.9. The predicted octanol–water partition coefficient (Wildman–Crippen LogP) is 5.04. The molecule has 3 aromatic rings. The quantitative estimate of drug-likeness (QED) is 0.393. The predicted molar refractivity (Wildman–Crippen MR) is 117 cm³/mol. The van der Waals surface area contributed by atoms with Crippen LogP contribution in [0.2, 0.25) is 5.02 Å². The van der Waals surface area contributed by atoms with Gasteiger partial charge < -0.3 is 10.2 Å². The third-order valence-corrected chi connectivity index (χ3v) is 4.93. The molecule has 0 saturated heterocycles. The van der Waals surface area contributed by atoms with E-state index in [1.54, 1.807) is 6.21 Å². The van der Waals surface area contributed by atoms with E-state index in [1.807, 2.05) is 36.4 Å². The minimum atomic E-state index is -0.537. The molecule has 0 bridgehead atoms. The highest BCUT2D eigenvalue weighted by Gasteiger charge is 2.14. The molecule has 0 aromatic heterocycles. The fourth-order valence-corrected chi connectivity index (χ4v) is 3.38. The number of aromatic hydroxyl groups is 1. The number of carbonyl (C=O) groups is 1. The van der Waals surface area contributed by atoms with Gasteiger partial charge >= 0.3 is 0 Å². The summed E-state index contributed by atoms with van der Waals surface area (Å²) in [6, 6.07) is 15.8. The van der Waals surface area contributed by atoms with Crippen LogP contribution < -0.4 is 5.43 Å². The number of amides is 1. The second kappa shape index (κ2) is 9.07. The number of halogens is 1. The molecule has 0 fully saturated rings. The Morgan fingerprint density at radius 1 is 1.14 bits per heavy atom. The van der Waals surface area contributed by atoms with Gasteiger partial charge in [0, 0.05) is 11.1 Å². The maximum absolute atomic E-state index is 12.2. The van der Waals surface area contributed by atoms with E-state index in [4.69, 9.17) is 11.6 Å². The molecule has 1 amide bonds. The second-order valence-corrected chi connectivity index (χ2v) is 7.71. The van der Waals surface area contributed by atoms with Gasteiger partial charge in [-0.1, -0.05) is 61.8 Å². The van der Waals surface area contributed by atoms with Crippen LogP contribution in [0, 0.1) is 5.92 Å². The Morgan fingerprint density at radius 2 is 1.86 bits per heavy atom. The Morgan fingerprint density at radius 3 is 2.55 bits per heavy atom. The van der Waals surface area contributed by atoms with Gasteiger partial charge in [-0.3, -0.25) is 4.79 Å². The van der Waals surface area contributed by atoms with Gasteiger partial charge in [-0.2, -0.15) is 5.10 Å². The van der Waals surface area contributed by atoms with Gasteiger partial charge in [-0.05, 0) is 46.9 Å². The van der Waals surface area contributed by atoms with Gasteiger partial charge in [0.2, 0.25) is 0 Å². The molecular formula is C23H23ClN2O3. The van der Waals surface area contributed by atoms with Crippen molar-refractivity contribution in [1.29, 1.82) is 0 Å². The van der Waals surface area contributed by atoms with Crippen molar-refractivity contribution < 1.29 is 15.0 Å². The third-order valence-electron chi connectivity index (χ3n) is 4.62. The number of hydrogen-bond acceptors (Lipinski definition) is 4. The lowest BCUT2D eigenvalue weighted by atomic mass is 9.93. The molecule has 0 spiro atoms. The van der Waals surface area contributed by atoms with E-state index in [0.29, 0.717) is 17.9 Å². The minimum Gasteiger partial charge on any atom is -0.506 e. The zero-order chi connectivity index (χ0) is 21.0. The minimum absolute atomic E-state index is 0.0852. The maximum atomic E-state index is 12.2. The molecule has 29 heavy (non-hydrogen) atoms. The largest absolute Gasteiger partial charge is 0.506 e. The lowest BCUT2D eigenvalue weighted by molar-refractivity contribution is 0.0955. The molecule has 1 atom stereocenters. The lowest BCUT2D eigenvalue weighted by Crippen LogP contribution is -2.17. The number of phenols is 1. The number of rotatable bonds is 6. The number of carbonyl (C=O) groups excluding carboxylic acids is 1.